The molecule has 0 unspecified atom stereocenters. The van der Waals surface area contributed by atoms with Crippen LogP contribution < -0.4 is 0 Å². The molecule has 0 aliphatic rings. The second-order valence-electron chi connectivity index (χ2n) is 12.8. The zero-order valence-electron chi connectivity index (χ0n) is 27.1. The van der Waals surface area contributed by atoms with Gasteiger partial charge >= 0.3 is 0 Å². The lowest BCUT2D eigenvalue weighted by Crippen LogP contribution is -1.97. The van der Waals surface area contributed by atoms with Crippen molar-refractivity contribution < 1.29 is 0 Å². The number of fused-ring (bicyclic) bond motifs is 9. The minimum atomic E-state index is 0.680. The zero-order chi connectivity index (χ0) is 33.0. The molecule has 0 radical (unpaired) electrons. The highest BCUT2D eigenvalue weighted by molar-refractivity contribution is 6.34. The predicted octanol–water partition coefficient (Wildman–Crippen LogP) is 12.3. The fourth-order valence-electron chi connectivity index (χ4n) is 7.46. The van der Waals surface area contributed by atoms with Crippen molar-refractivity contribution in [3.05, 3.63) is 176 Å². The molecule has 3 nitrogen and oxygen atoms in total. The van der Waals surface area contributed by atoms with Crippen molar-refractivity contribution in [1.82, 2.24) is 15.0 Å². The SMILES string of the molecule is c1ccc(-c2cc(-c3ccccc3)nc(-c3cccc(-c4nc5ccccc5c5c6cc7ccccc7cc6c6ccccc6c45)c3)n2)cc1. The van der Waals surface area contributed by atoms with E-state index in [1.807, 2.05) is 36.4 Å². The Kier molecular flexibility index (Phi) is 6.49. The highest BCUT2D eigenvalue weighted by Crippen LogP contribution is 2.44. The molecule has 0 spiro atoms. The third-order valence-electron chi connectivity index (χ3n) is 9.79. The van der Waals surface area contributed by atoms with Gasteiger partial charge in [0, 0.05) is 38.4 Å². The normalized spacial score (nSPS) is 11.6. The van der Waals surface area contributed by atoms with Gasteiger partial charge in [0.05, 0.1) is 22.6 Å². The number of para-hydroxylation sites is 1. The van der Waals surface area contributed by atoms with Gasteiger partial charge in [-0.05, 0) is 62.6 Å². The molecule has 0 fully saturated rings. The fourth-order valence-corrected chi connectivity index (χ4v) is 7.46. The number of pyridine rings is 1. The van der Waals surface area contributed by atoms with Crippen molar-refractivity contribution in [2.75, 3.05) is 0 Å². The largest absolute Gasteiger partial charge is 0.247 e. The molecule has 0 N–H and O–H groups in total. The lowest BCUT2D eigenvalue weighted by Gasteiger charge is -2.17. The number of hydrogen-bond donors (Lipinski definition) is 0. The molecule has 50 heavy (non-hydrogen) atoms. The molecule has 10 aromatic rings. The van der Waals surface area contributed by atoms with Crippen molar-refractivity contribution >= 4 is 54.0 Å². The number of rotatable bonds is 4. The summed E-state index contributed by atoms with van der Waals surface area (Å²) in [7, 11) is 0. The summed E-state index contributed by atoms with van der Waals surface area (Å²) >= 11 is 0. The Morgan fingerprint density at radius 3 is 1.54 bits per heavy atom. The lowest BCUT2D eigenvalue weighted by atomic mass is 9.88. The molecular formula is C47H29N3. The average molecular weight is 636 g/mol. The van der Waals surface area contributed by atoms with E-state index in [1.54, 1.807) is 0 Å². The van der Waals surface area contributed by atoms with Gasteiger partial charge in [-0.2, -0.15) is 0 Å². The second-order valence-corrected chi connectivity index (χ2v) is 12.8. The molecule has 2 heterocycles. The van der Waals surface area contributed by atoms with Crippen molar-refractivity contribution in [2.45, 2.75) is 0 Å². The Labute approximate surface area is 289 Å². The first-order valence-electron chi connectivity index (χ1n) is 16.9. The minimum Gasteiger partial charge on any atom is -0.247 e. The Morgan fingerprint density at radius 2 is 0.840 bits per heavy atom. The van der Waals surface area contributed by atoms with E-state index in [-0.39, 0.29) is 0 Å². The van der Waals surface area contributed by atoms with E-state index in [1.165, 1.54) is 37.7 Å². The van der Waals surface area contributed by atoms with Gasteiger partial charge in [-0.3, -0.25) is 0 Å². The molecule has 0 saturated heterocycles. The molecule has 10 rings (SSSR count). The van der Waals surface area contributed by atoms with Crippen LogP contribution in [-0.2, 0) is 0 Å². The van der Waals surface area contributed by atoms with E-state index in [0.717, 1.165) is 55.6 Å². The summed E-state index contributed by atoms with van der Waals surface area (Å²) in [4.78, 5) is 15.7. The third kappa shape index (κ3) is 4.63. The third-order valence-corrected chi connectivity index (χ3v) is 9.79. The van der Waals surface area contributed by atoms with Crippen LogP contribution in [0.3, 0.4) is 0 Å². The van der Waals surface area contributed by atoms with Gasteiger partial charge < -0.3 is 0 Å². The first-order chi connectivity index (χ1) is 24.8. The quantitative estimate of drug-likeness (QED) is 0.143. The molecule has 0 atom stereocenters. The second kappa shape index (κ2) is 11.5. The Balaban J connectivity index is 1.27. The summed E-state index contributed by atoms with van der Waals surface area (Å²) < 4.78 is 0. The average Bonchev–Trinajstić information content (AvgIpc) is 3.20. The van der Waals surface area contributed by atoms with Crippen molar-refractivity contribution in [3.8, 4) is 45.2 Å². The van der Waals surface area contributed by atoms with Gasteiger partial charge in [0.1, 0.15) is 0 Å². The standard InChI is InChI=1S/C47H29N3/c1-3-14-30(15-4-1)42-29-43(31-16-5-2-6-17-31)50-47(49-42)35-21-13-20-34(26-35)46-45-37-23-10-9-22-36(37)39-27-32-18-7-8-19-33(32)28-40(39)44(45)38-24-11-12-25-41(38)48-46/h1-29H. The van der Waals surface area contributed by atoms with Crippen LogP contribution in [-0.4, -0.2) is 15.0 Å². The topological polar surface area (TPSA) is 38.7 Å². The maximum absolute atomic E-state index is 5.42. The van der Waals surface area contributed by atoms with Gasteiger partial charge in [-0.1, -0.05) is 146 Å². The summed E-state index contributed by atoms with van der Waals surface area (Å²) in [5.74, 6) is 0.680. The van der Waals surface area contributed by atoms with Crippen LogP contribution in [0.5, 0.6) is 0 Å². The van der Waals surface area contributed by atoms with Crippen LogP contribution in [0.1, 0.15) is 0 Å². The molecular weight excluding hydrogens is 607 g/mol. The Morgan fingerprint density at radius 1 is 0.300 bits per heavy atom. The molecule has 0 amide bonds. The van der Waals surface area contributed by atoms with E-state index in [4.69, 9.17) is 15.0 Å². The summed E-state index contributed by atoms with van der Waals surface area (Å²) in [6.45, 7) is 0. The highest BCUT2D eigenvalue weighted by Gasteiger charge is 2.19. The Bertz CT molecular complexity index is 2850. The minimum absolute atomic E-state index is 0.680. The van der Waals surface area contributed by atoms with Crippen molar-refractivity contribution in [3.63, 3.8) is 0 Å². The number of hydrogen-bond acceptors (Lipinski definition) is 3. The molecule has 0 aliphatic carbocycles. The Hall–Kier alpha value is -6.71. The van der Waals surface area contributed by atoms with Crippen LogP contribution in [0.15, 0.2) is 176 Å². The first kappa shape index (κ1) is 28.3. The van der Waals surface area contributed by atoms with E-state index in [2.05, 4.69) is 140 Å². The molecule has 3 heteroatoms. The summed E-state index contributed by atoms with van der Waals surface area (Å²) in [6, 6.07) is 62.0. The molecule has 0 saturated carbocycles. The van der Waals surface area contributed by atoms with Crippen molar-refractivity contribution in [1.29, 1.82) is 0 Å². The summed E-state index contributed by atoms with van der Waals surface area (Å²) in [5, 5.41) is 10.9. The van der Waals surface area contributed by atoms with E-state index in [9.17, 15) is 0 Å². The molecule has 2 aromatic heterocycles. The summed E-state index contributed by atoms with van der Waals surface area (Å²) in [5.41, 5.74) is 7.77. The molecule has 0 aliphatic heterocycles. The van der Waals surface area contributed by atoms with Crippen LogP contribution >= 0.6 is 0 Å². The van der Waals surface area contributed by atoms with Crippen LogP contribution in [0.2, 0.25) is 0 Å². The fraction of sp³-hybridized carbons (Fsp3) is 0. The molecule has 232 valence electrons. The lowest BCUT2D eigenvalue weighted by molar-refractivity contribution is 1.18. The number of aromatic nitrogens is 3. The van der Waals surface area contributed by atoms with Gasteiger partial charge in [0.25, 0.3) is 0 Å². The predicted molar refractivity (Wildman–Crippen MR) is 209 cm³/mol. The molecule has 8 aromatic carbocycles. The summed E-state index contributed by atoms with van der Waals surface area (Å²) in [6.07, 6.45) is 0. The maximum atomic E-state index is 5.42. The first-order valence-corrected chi connectivity index (χ1v) is 16.9. The van der Waals surface area contributed by atoms with Gasteiger partial charge in [-0.25, -0.2) is 15.0 Å². The van der Waals surface area contributed by atoms with Crippen LogP contribution in [0, 0.1) is 0 Å². The van der Waals surface area contributed by atoms with E-state index >= 15 is 0 Å². The van der Waals surface area contributed by atoms with Gasteiger partial charge in [0.15, 0.2) is 5.82 Å². The van der Waals surface area contributed by atoms with Crippen LogP contribution in [0.4, 0.5) is 0 Å². The monoisotopic (exact) mass is 635 g/mol. The zero-order valence-corrected chi connectivity index (χ0v) is 27.1. The van der Waals surface area contributed by atoms with Crippen molar-refractivity contribution in [2.24, 2.45) is 0 Å². The smallest absolute Gasteiger partial charge is 0.160 e. The maximum Gasteiger partial charge on any atom is 0.160 e. The van der Waals surface area contributed by atoms with Crippen LogP contribution in [0.25, 0.3) is 99.2 Å². The molecule has 0 bridgehead atoms. The van der Waals surface area contributed by atoms with Gasteiger partial charge in [-0.15, -0.1) is 0 Å². The van der Waals surface area contributed by atoms with E-state index in [0.29, 0.717) is 5.82 Å². The van der Waals surface area contributed by atoms with E-state index < -0.39 is 0 Å². The highest BCUT2D eigenvalue weighted by atomic mass is 14.9. The number of benzene rings is 8. The van der Waals surface area contributed by atoms with Gasteiger partial charge in [0.2, 0.25) is 0 Å². The number of nitrogens with zero attached hydrogens (tertiary/aromatic N) is 3.